The summed E-state index contributed by atoms with van der Waals surface area (Å²) in [5, 5.41) is 0. The smallest absolute Gasteiger partial charge is 0.199 e. The second kappa shape index (κ2) is 2.62. The zero-order valence-corrected chi connectivity index (χ0v) is 9.28. The monoisotopic (exact) mass is 212 g/mol. The van der Waals surface area contributed by atoms with E-state index >= 15 is 0 Å². The fraction of sp³-hybridized carbons (Fsp3) is 0.909. The van der Waals surface area contributed by atoms with Gasteiger partial charge in [0.2, 0.25) is 0 Å². The summed E-state index contributed by atoms with van der Waals surface area (Å²) in [7, 11) is 0. The summed E-state index contributed by atoms with van der Waals surface area (Å²) in [5.41, 5.74) is -0.555. The van der Waals surface area contributed by atoms with Crippen molar-refractivity contribution in [1.82, 2.24) is 0 Å². The van der Waals surface area contributed by atoms with Crippen LogP contribution in [0.1, 0.15) is 33.6 Å². The molecule has 0 aromatic carbocycles. The molecule has 3 fully saturated rings. The zero-order chi connectivity index (χ0) is 10.8. The largest absolute Gasteiger partial charge is 0.335 e. The topological polar surface area (TPSA) is 44.8 Å². The maximum atomic E-state index is 12.1. The Balaban J connectivity index is 1.81. The Morgan fingerprint density at radius 1 is 1.33 bits per heavy atom. The van der Waals surface area contributed by atoms with E-state index in [4.69, 9.17) is 14.2 Å². The van der Waals surface area contributed by atoms with Crippen molar-refractivity contribution in [2.45, 2.75) is 57.4 Å². The summed E-state index contributed by atoms with van der Waals surface area (Å²) in [6.45, 7) is 5.69. The van der Waals surface area contributed by atoms with E-state index in [1.54, 1.807) is 13.8 Å². The highest BCUT2D eigenvalue weighted by Gasteiger charge is 2.71. The molecule has 0 aromatic rings. The Morgan fingerprint density at radius 2 is 2.07 bits per heavy atom. The standard InChI is InChI=1S/C11H16O4/c1-4-6-5-11(6)8(12)7-9(15-11)14-10(2,3)13-7/h6-7,9H,4-5H2,1-3H3/t6-,7-,9-,11-/m0/s1. The highest BCUT2D eigenvalue weighted by molar-refractivity contribution is 5.96. The summed E-state index contributed by atoms with van der Waals surface area (Å²) < 4.78 is 16.8. The zero-order valence-electron chi connectivity index (χ0n) is 9.28. The van der Waals surface area contributed by atoms with E-state index in [0.29, 0.717) is 5.92 Å². The van der Waals surface area contributed by atoms with Gasteiger partial charge in [-0.1, -0.05) is 6.92 Å². The van der Waals surface area contributed by atoms with E-state index in [1.165, 1.54) is 0 Å². The fourth-order valence-electron chi connectivity index (χ4n) is 2.73. The van der Waals surface area contributed by atoms with Gasteiger partial charge in [-0.05, 0) is 32.6 Å². The maximum absolute atomic E-state index is 12.1. The van der Waals surface area contributed by atoms with Gasteiger partial charge in [-0.3, -0.25) is 4.79 Å². The molecule has 0 radical (unpaired) electrons. The molecule has 0 N–H and O–H groups in total. The first-order valence-corrected chi connectivity index (χ1v) is 5.56. The molecule has 4 nitrogen and oxygen atoms in total. The summed E-state index contributed by atoms with van der Waals surface area (Å²) in [6, 6.07) is 0. The maximum Gasteiger partial charge on any atom is 0.199 e. The number of hydrogen-bond acceptors (Lipinski definition) is 4. The molecule has 15 heavy (non-hydrogen) atoms. The predicted octanol–water partition coefficient (Wildman–Crippen LogP) is 1.23. The highest BCUT2D eigenvalue weighted by atomic mass is 16.8. The van der Waals surface area contributed by atoms with Gasteiger partial charge in [0.05, 0.1) is 0 Å². The van der Waals surface area contributed by atoms with Crippen LogP contribution < -0.4 is 0 Å². The molecule has 0 aromatic heterocycles. The number of carbonyl (C=O) groups is 1. The van der Waals surface area contributed by atoms with E-state index in [1.807, 2.05) is 0 Å². The van der Waals surface area contributed by atoms with E-state index in [0.717, 1.165) is 12.8 Å². The lowest BCUT2D eigenvalue weighted by atomic mass is 10.1. The van der Waals surface area contributed by atoms with Crippen LogP contribution in [0.5, 0.6) is 0 Å². The summed E-state index contributed by atoms with van der Waals surface area (Å²) in [4.78, 5) is 12.1. The second-order valence-corrected chi connectivity index (χ2v) is 5.11. The van der Waals surface area contributed by atoms with Gasteiger partial charge in [0.25, 0.3) is 0 Å². The van der Waals surface area contributed by atoms with Crippen molar-refractivity contribution in [3.63, 3.8) is 0 Å². The molecule has 3 rings (SSSR count). The van der Waals surface area contributed by atoms with Crippen LogP contribution in [-0.4, -0.2) is 29.6 Å². The SMILES string of the molecule is CC[C@H]1C[C@]12O[C@@H]1OC(C)(C)O[C@H]1C2=O. The summed E-state index contributed by atoms with van der Waals surface area (Å²) in [6.07, 6.45) is 0.831. The number of carbonyl (C=O) groups excluding carboxylic acids is 1. The van der Waals surface area contributed by atoms with Gasteiger partial charge in [-0.2, -0.15) is 0 Å². The van der Waals surface area contributed by atoms with Crippen molar-refractivity contribution in [1.29, 1.82) is 0 Å². The van der Waals surface area contributed by atoms with Crippen molar-refractivity contribution in [2.24, 2.45) is 5.92 Å². The average Bonchev–Trinajstić information content (AvgIpc) is 2.71. The first-order valence-electron chi connectivity index (χ1n) is 5.56. The lowest BCUT2D eigenvalue weighted by molar-refractivity contribution is -0.210. The molecule has 0 amide bonds. The van der Waals surface area contributed by atoms with Crippen LogP contribution in [-0.2, 0) is 19.0 Å². The van der Waals surface area contributed by atoms with Crippen molar-refractivity contribution in [3.8, 4) is 0 Å². The minimum atomic E-state index is -0.691. The van der Waals surface area contributed by atoms with Gasteiger partial charge in [0.15, 0.2) is 24.0 Å². The van der Waals surface area contributed by atoms with Crippen LogP contribution in [0.2, 0.25) is 0 Å². The Bertz CT molecular complexity index is 325. The molecule has 1 spiro atoms. The first kappa shape index (κ1) is 9.75. The Kier molecular flexibility index (Phi) is 1.70. The summed E-state index contributed by atoms with van der Waals surface area (Å²) in [5.74, 6) is -0.237. The Labute approximate surface area is 88.9 Å². The van der Waals surface area contributed by atoms with Crippen LogP contribution in [0.3, 0.4) is 0 Å². The van der Waals surface area contributed by atoms with Crippen molar-refractivity contribution < 1.29 is 19.0 Å². The van der Waals surface area contributed by atoms with E-state index in [-0.39, 0.29) is 5.78 Å². The summed E-state index contributed by atoms with van der Waals surface area (Å²) >= 11 is 0. The van der Waals surface area contributed by atoms with Gasteiger partial charge < -0.3 is 14.2 Å². The van der Waals surface area contributed by atoms with Crippen LogP contribution in [0.25, 0.3) is 0 Å². The van der Waals surface area contributed by atoms with E-state index < -0.39 is 23.8 Å². The lowest BCUT2D eigenvalue weighted by Gasteiger charge is -2.20. The minimum Gasteiger partial charge on any atom is -0.335 e. The van der Waals surface area contributed by atoms with Crippen LogP contribution in [0.4, 0.5) is 0 Å². The molecule has 0 bridgehead atoms. The molecule has 2 heterocycles. The molecule has 1 saturated carbocycles. The van der Waals surface area contributed by atoms with Crippen LogP contribution in [0.15, 0.2) is 0 Å². The van der Waals surface area contributed by atoms with Gasteiger partial charge in [0, 0.05) is 0 Å². The molecular weight excluding hydrogens is 196 g/mol. The van der Waals surface area contributed by atoms with Gasteiger partial charge in [0.1, 0.15) is 5.60 Å². The van der Waals surface area contributed by atoms with Gasteiger partial charge >= 0.3 is 0 Å². The van der Waals surface area contributed by atoms with Gasteiger partial charge in [-0.15, -0.1) is 0 Å². The number of ketones is 1. The number of Topliss-reactive ketones (excluding diaryl/α,β-unsaturated/α-hetero) is 1. The normalized spacial score (nSPS) is 51.1. The van der Waals surface area contributed by atoms with Crippen molar-refractivity contribution in [2.75, 3.05) is 0 Å². The third-order valence-electron chi connectivity index (χ3n) is 3.60. The molecule has 0 unspecified atom stereocenters. The molecule has 4 heteroatoms. The van der Waals surface area contributed by atoms with Crippen molar-refractivity contribution >= 4 is 5.78 Å². The predicted molar refractivity (Wildman–Crippen MR) is 51.0 cm³/mol. The molecule has 2 aliphatic heterocycles. The highest BCUT2D eigenvalue weighted by Crippen LogP contribution is 2.57. The minimum absolute atomic E-state index is 0.0879. The lowest BCUT2D eigenvalue weighted by Crippen LogP contribution is -2.32. The van der Waals surface area contributed by atoms with Crippen LogP contribution >= 0.6 is 0 Å². The van der Waals surface area contributed by atoms with Crippen molar-refractivity contribution in [3.05, 3.63) is 0 Å². The first-order chi connectivity index (χ1) is 6.98. The molecule has 84 valence electrons. The molecule has 1 aliphatic carbocycles. The second-order valence-electron chi connectivity index (χ2n) is 5.11. The number of ether oxygens (including phenoxy) is 3. The number of rotatable bonds is 1. The Hall–Kier alpha value is -0.450. The van der Waals surface area contributed by atoms with E-state index in [2.05, 4.69) is 6.92 Å². The average molecular weight is 212 g/mol. The third kappa shape index (κ3) is 1.16. The fourth-order valence-corrected chi connectivity index (χ4v) is 2.73. The van der Waals surface area contributed by atoms with Gasteiger partial charge in [-0.25, -0.2) is 0 Å². The number of hydrogen-bond donors (Lipinski definition) is 0. The molecule has 3 aliphatic rings. The molecular formula is C11H16O4. The Morgan fingerprint density at radius 3 is 2.60 bits per heavy atom. The molecule has 2 saturated heterocycles. The quantitative estimate of drug-likeness (QED) is 0.655. The van der Waals surface area contributed by atoms with Crippen LogP contribution in [0, 0.1) is 5.92 Å². The number of fused-ring (bicyclic) bond motifs is 1. The van der Waals surface area contributed by atoms with E-state index in [9.17, 15) is 4.79 Å². The third-order valence-corrected chi connectivity index (χ3v) is 3.60. The molecule has 4 atom stereocenters.